The molecule has 118 valence electrons. The van der Waals surface area contributed by atoms with Crippen LogP contribution in [-0.4, -0.2) is 10.9 Å². The summed E-state index contributed by atoms with van der Waals surface area (Å²) in [7, 11) is 0. The van der Waals surface area contributed by atoms with E-state index in [1.807, 2.05) is 37.3 Å². The third-order valence-corrected chi connectivity index (χ3v) is 3.94. The lowest BCUT2D eigenvalue weighted by atomic mass is 9.99. The molecule has 1 amide bonds. The van der Waals surface area contributed by atoms with Crippen LogP contribution in [0.4, 0.5) is 5.69 Å². The van der Waals surface area contributed by atoms with Gasteiger partial charge in [0.25, 0.3) is 5.56 Å². The Bertz CT molecular complexity index is 844. The lowest BCUT2D eigenvalue weighted by Gasteiger charge is -2.11. The van der Waals surface area contributed by atoms with E-state index in [9.17, 15) is 9.59 Å². The van der Waals surface area contributed by atoms with Crippen molar-refractivity contribution >= 4 is 11.6 Å². The summed E-state index contributed by atoms with van der Waals surface area (Å²) >= 11 is 0. The Kier molecular flexibility index (Phi) is 4.97. The highest BCUT2D eigenvalue weighted by Crippen LogP contribution is 2.17. The monoisotopic (exact) mass is 309 g/mol. The predicted octanol–water partition coefficient (Wildman–Crippen LogP) is 2.74. The smallest absolute Gasteiger partial charge is 0.266 e. The predicted molar refractivity (Wildman–Crippen MR) is 89.4 cm³/mol. The number of amides is 1. The summed E-state index contributed by atoms with van der Waals surface area (Å²) in [5.74, 6) is -0.0946. The molecule has 0 aliphatic heterocycles. The number of nitrogens with one attached hydrogen (secondary N) is 2. The molecule has 0 atom stereocenters. The minimum absolute atomic E-state index is 0.0946. The van der Waals surface area contributed by atoms with Crippen molar-refractivity contribution in [3.63, 3.8) is 0 Å². The number of nitriles is 1. The van der Waals surface area contributed by atoms with Crippen molar-refractivity contribution in [3.8, 4) is 6.07 Å². The maximum Gasteiger partial charge on any atom is 0.266 e. The number of aromatic nitrogens is 1. The molecule has 5 nitrogen and oxygen atoms in total. The summed E-state index contributed by atoms with van der Waals surface area (Å²) < 4.78 is 0. The highest BCUT2D eigenvalue weighted by Gasteiger charge is 2.13. The van der Waals surface area contributed by atoms with Gasteiger partial charge < -0.3 is 10.3 Å². The van der Waals surface area contributed by atoms with E-state index < -0.39 is 0 Å². The van der Waals surface area contributed by atoms with Gasteiger partial charge in [0.2, 0.25) is 5.91 Å². The molecular weight excluding hydrogens is 290 g/mol. The van der Waals surface area contributed by atoms with Crippen molar-refractivity contribution < 1.29 is 4.79 Å². The molecule has 0 bridgehead atoms. The summed E-state index contributed by atoms with van der Waals surface area (Å²) in [6, 6.07) is 9.51. The second-order valence-corrected chi connectivity index (χ2v) is 5.53. The van der Waals surface area contributed by atoms with Gasteiger partial charge in [0.05, 0.1) is 0 Å². The van der Waals surface area contributed by atoms with Gasteiger partial charge in [-0.15, -0.1) is 0 Å². The molecule has 1 heterocycles. The number of carbonyl (C=O) groups excluding carboxylic acids is 1. The Morgan fingerprint density at radius 1 is 1.26 bits per heavy atom. The molecule has 2 N–H and O–H groups in total. The Balaban J connectivity index is 2.13. The fourth-order valence-corrected chi connectivity index (χ4v) is 2.58. The van der Waals surface area contributed by atoms with Gasteiger partial charge >= 0.3 is 0 Å². The number of pyridine rings is 1. The topological polar surface area (TPSA) is 85.8 Å². The SMILES string of the molecule is Cc1ccccc1NC(=O)CCc1c(C)[nH]c(=O)c(C#N)c1C. The molecule has 1 aromatic carbocycles. The number of carbonyl (C=O) groups is 1. The summed E-state index contributed by atoms with van der Waals surface area (Å²) in [5, 5.41) is 12.0. The molecule has 0 aliphatic carbocycles. The van der Waals surface area contributed by atoms with Crippen LogP contribution >= 0.6 is 0 Å². The van der Waals surface area contributed by atoms with Crippen molar-refractivity contribution in [1.82, 2.24) is 4.98 Å². The molecule has 0 spiro atoms. The Hall–Kier alpha value is -2.87. The first kappa shape index (κ1) is 16.5. The molecule has 0 radical (unpaired) electrons. The summed E-state index contributed by atoms with van der Waals surface area (Å²) in [6.45, 7) is 5.46. The second-order valence-electron chi connectivity index (χ2n) is 5.53. The number of anilines is 1. The van der Waals surface area contributed by atoms with Gasteiger partial charge in [0, 0.05) is 17.8 Å². The van der Waals surface area contributed by atoms with E-state index in [1.54, 1.807) is 13.8 Å². The maximum absolute atomic E-state index is 12.1. The van der Waals surface area contributed by atoms with Gasteiger partial charge in [-0.3, -0.25) is 9.59 Å². The zero-order chi connectivity index (χ0) is 17.0. The second kappa shape index (κ2) is 6.93. The van der Waals surface area contributed by atoms with Crippen LogP contribution in [0, 0.1) is 32.1 Å². The Morgan fingerprint density at radius 2 is 1.96 bits per heavy atom. The largest absolute Gasteiger partial charge is 0.326 e. The average molecular weight is 309 g/mol. The molecule has 0 aliphatic rings. The first-order valence-electron chi connectivity index (χ1n) is 7.42. The molecule has 0 unspecified atom stereocenters. The van der Waals surface area contributed by atoms with Crippen molar-refractivity contribution in [2.24, 2.45) is 0 Å². The van der Waals surface area contributed by atoms with Crippen molar-refractivity contribution in [2.75, 3.05) is 5.32 Å². The van der Waals surface area contributed by atoms with E-state index >= 15 is 0 Å². The molecule has 5 heteroatoms. The summed E-state index contributed by atoms with van der Waals surface area (Å²) in [6.07, 6.45) is 0.758. The van der Waals surface area contributed by atoms with Gasteiger partial charge in [0.1, 0.15) is 11.6 Å². The summed E-state index contributed by atoms with van der Waals surface area (Å²) in [5.41, 5.74) is 3.74. The average Bonchev–Trinajstić information content (AvgIpc) is 2.49. The fourth-order valence-electron chi connectivity index (χ4n) is 2.58. The number of para-hydroxylation sites is 1. The van der Waals surface area contributed by atoms with E-state index in [4.69, 9.17) is 5.26 Å². The van der Waals surface area contributed by atoms with Gasteiger partial charge in [0.15, 0.2) is 0 Å². The molecule has 1 aromatic heterocycles. The third kappa shape index (κ3) is 3.67. The molecule has 2 aromatic rings. The third-order valence-electron chi connectivity index (χ3n) is 3.94. The molecule has 23 heavy (non-hydrogen) atoms. The zero-order valence-corrected chi connectivity index (χ0v) is 13.5. The van der Waals surface area contributed by atoms with Crippen LogP contribution < -0.4 is 10.9 Å². The maximum atomic E-state index is 12.1. The number of hydrogen-bond donors (Lipinski definition) is 2. The quantitative estimate of drug-likeness (QED) is 0.910. The van der Waals surface area contributed by atoms with Gasteiger partial charge in [-0.2, -0.15) is 5.26 Å². The Morgan fingerprint density at radius 3 is 2.61 bits per heavy atom. The molecule has 0 saturated heterocycles. The van der Waals surface area contributed by atoms with Crippen molar-refractivity contribution in [3.05, 3.63) is 62.6 Å². The fraction of sp³-hybridized carbons (Fsp3) is 0.278. The van der Waals surface area contributed by atoms with Crippen molar-refractivity contribution in [1.29, 1.82) is 5.26 Å². The lowest BCUT2D eigenvalue weighted by molar-refractivity contribution is -0.116. The lowest BCUT2D eigenvalue weighted by Crippen LogP contribution is -2.18. The highest BCUT2D eigenvalue weighted by molar-refractivity contribution is 5.91. The zero-order valence-electron chi connectivity index (χ0n) is 13.5. The van der Waals surface area contributed by atoms with E-state index in [0.29, 0.717) is 17.7 Å². The van der Waals surface area contributed by atoms with Gasteiger partial charge in [-0.05, 0) is 49.9 Å². The first-order valence-corrected chi connectivity index (χ1v) is 7.42. The van der Waals surface area contributed by atoms with Crippen molar-refractivity contribution in [2.45, 2.75) is 33.6 Å². The van der Waals surface area contributed by atoms with E-state index in [-0.39, 0.29) is 23.5 Å². The van der Waals surface area contributed by atoms with Crippen LogP contribution in [0.15, 0.2) is 29.1 Å². The van der Waals surface area contributed by atoms with E-state index in [2.05, 4.69) is 10.3 Å². The normalized spacial score (nSPS) is 10.2. The van der Waals surface area contributed by atoms with Crippen LogP contribution in [0.25, 0.3) is 0 Å². The number of hydrogen-bond acceptors (Lipinski definition) is 3. The number of H-pyrrole nitrogens is 1. The van der Waals surface area contributed by atoms with Crippen LogP contribution in [0.5, 0.6) is 0 Å². The van der Waals surface area contributed by atoms with Crippen LogP contribution in [0.2, 0.25) is 0 Å². The van der Waals surface area contributed by atoms with E-state index in [0.717, 1.165) is 16.8 Å². The molecule has 0 fully saturated rings. The van der Waals surface area contributed by atoms with E-state index in [1.165, 1.54) is 0 Å². The van der Waals surface area contributed by atoms with Crippen LogP contribution in [0.3, 0.4) is 0 Å². The minimum atomic E-state index is -0.379. The summed E-state index contributed by atoms with van der Waals surface area (Å²) in [4.78, 5) is 26.5. The molecule has 0 saturated carbocycles. The number of aryl methyl sites for hydroxylation is 2. The Labute approximate surface area is 135 Å². The van der Waals surface area contributed by atoms with Crippen LogP contribution in [-0.2, 0) is 11.2 Å². The number of nitrogens with zero attached hydrogens (tertiary/aromatic N) is 1. The molecular formula is C18H19N3O2. The number of rotatable bonds is 4. The van der Waals surface area contributed by atoms with Crippen LogP contribution in [0.1, 0.15) is 34.4 Å². The standard InChI is InChI=1S/C18H19N3O2/c1-11-6-4-5-7-16(11)21-17(22)9-8-14-12(2)15(10-19)18(23)20-13(14)3/h4-7H,8-9H2,1-3H3,(H,20,23)(H,21,22). The first-order chi connectivity index (χ1) is 10.9. The highest BCUT2D eigenvalue weighted by atomic mass is 16.1. The van der Waals surface area contributed by atoms with Gasteiger partial charge in [-0.1, -0.05) is 18.2 Å². The van der Waals surface area contributed by atoms with Gasteiger partial charge in [-0.25, -0.2) is 0 Å². The minimum Gasteiger partial charge on any atom is -0.326 e. The number of benzene rings is 1. The number of aromatic amines is 1. The molecule has 2 rings (SSSR count).